The van der Waals surface area contributed by atoms with Crippen LogP contribution in [0.3, 0.4) is 0 Å². The molecule has 3 N–H and O–H groups in total. The number of rotatable bonds is 5. The molecule has 1 aromatic rings. The van der Waals surface area contributed by atoms with Crippen LogP contribution in [0.2, 0.25) is 10.0 Å². The first-order valence-electron chi connectivity index (χ1n) is 6.07. The minimum Gasteiger partial charge on any atom is -0.395 e. The molecule has 2 rings (SSSR count). The number of carbonyl (C=O) groups excluding carboxylic acids is 2. The Labute approximate surface area is 141 Å². The third-order valence-corrected chi connectivity index (χ3v) is 4.53. The maximum atomic E-state index is 12.0. The molecule has 2 amide bonds. The number of halogens is 2. The molecular weight excluding hydrogens is 371 g/mol. The minimum atomic E-state index is -4.55. The lowest BCUT2D eigenvalue weighted by Crippen LogP contribution is -2.34. The number of amides is 2. The van der Waals surface area contributed by atoms with Crippen LogP contribution in [0.5, 0.6) is 0 Å². The molecule has 11 heteroatoms. The van der Waals surface area contributed by atoms with Gasteiger partial charge in [-0.25, -0.2) is 0 Å². The van der Waals surface area contributed by atoms with Crippen molar-refractivity contribution in [3.05, 3.63) is 34.0 Å². The Balaban J connectivity index is 2.32. The summed E-state index contributed by atoms with van der Waals surface area (Å²) in [5.74, 6) is -1.28. The second-order valence-electron chi connectivity index (χ2n) is 4.44. The number of anilines is 1. The second kappa shape index (κ2) is 6.46. The Morgan fingerprint density at radius 3 is 2.39 bits per heavy atom. The first-order chi connectivity index (χ1) is 10.6. The summed E-state index contributed by atoms with van der Waals surface area (Å²) in [4.78, 5) is 23.8. The fourth-order valence-electron chi connectivity index (χ4n) is 1.88. The lowest BCUT2D eigenvalue weighted by Gasteiger charge is -2.14. The standard InChI is InChI=1S/C12H10Cl2N2O6S/c13-6-4-10(23(20,21)22)7(14)3-8(6)15-9-5-11(18)16(1-2-17)12(9)19/h3-5,15,17H,1-2H2,(H,20,21,22). The molecular formula is C12H10Cl2N2O6S. The summed E-state index contributed by atoms with van der Waals surface area (Å²) in [5, 5.41) is 10.9. The van der Waals surface area contributed by atoms with E-state index in [4.69, 9.17) is 32.9 Å². The number of hydrogen-bond donors (Lipinski definition) is 3. The molecule has 8 nitrogen and oxygen atoms in total. The van der Waals surface area contributed by atoms with Gasteiger partial charge in [0.1, 0.15) is 10.6 Å². The monoisotopic (exact) mass is 380 g/mol. The first kappa shape index (κ1) is 17.7. The summed E-state index contributed by atoms with van der Waals surface area (Å²) >= 11 is 11.7. The lowest BCUT2D eigenvalue weighted by atomic mass is 10.3. The summed E-state index contributed by atoms with van der Waals surface area (Å²) in [7, 11) is -4.55. The highest BCUT2D eigenvalue weighted by atomic mass is 35.5. The normalized spacial score (nSPS) is 15.1. The van der Waals surface area contributed by atoms with Crippen molar-refractivity contribution in [3.63, 3.8) is 0 Å². The Hall–Kier alpha value is -1.65. The van der Waals surface area contributed by atoms with E-state index in [-0.39, 0.29) is 34.6 Å². The Morgan fingerprint density at radius 2 is 1.83 bits per heavy atom. The van der Waals surface area contributed by atoms with E-state index >= 15 is 0 Å². The van der Waals surface area contributed by atoms with E-state index < -0.39 is 26.8 Å². The molecule has 1 heterocycles. The number of imide groups is 1. The molecule has 1 aliphatic heterocycles. The second-order valence-corrected chi connectivity index (χ2v) is 6.64. The van der Waals surface area contributed by atoms with Gasteiger partial charge in [-0.05, 0) is 12.1 Å². The predicted molar refractivity (Wildman–Crippen MR) is 81.8 cm³/mol. The fourth-order valence-corrected chi connectivity index (χ4v) is 3.18. The SMILES string of the molecule is O=C1C=C(Nc2cc(Cl)c(S(=O)(=O)O)cc2Cl)C(=O)N1CCO. The highest BCUT2D eigenvalue weighted by Gasteiger charge is 2.31. The molecule has 0 atom stereocenters. The Kier molecular flexibility index (Phi) is 4.97. The molecule has 0 aliphatic carbocycles. The minimum absolute atomic E-state index is 0.0716. The molecule has 0 bridgehead atoms. The van der Waals surface area contributed by atoms with Crippen molar-refractivity contribution in [1.82, 2.24) is 4.90 Å². The van der Waals surface area contributed by atoms with Crippen LogP contribution in [0.4, 0.5) is 5.69 Å². The quantitative estimate of drug-likeness (QED) is 0.511. The lowest BCUT2D eigenvalue weighted by molar-refractivity contribution is -0.137. The van der Waals surface area contributed by atoms with E-state index in [1.54, 1.807) is 0 Å². The Bertz CT molecular complexity index is 821. The number of nitrogens with one attached hydrogen (secondary N) is 1. The van der Waals surface area contributed by atoms with E-state index in [1.807, 2.05) is 0 Å². The van der Waals surface area contributed by atoms with Crippen molar-refractivity contribution in [3.8, 4) is 0 Å². The van der Waals surface area contributed by atoms with Crippen LogP contribution in [0.15, 0.2) is 28.8 Å². The molecule has 0 spiro atoms. The van der Waals surface area contributed by atoms with Crippen LogP contribution in [0, 0.1) is 0 Å². The van der Waals surface area contributed by atoms with Crippen LogP contribution < -0.4 is 5.32 Å². The van der Waals surface area contributed by atoms with Crippen molar-refractivity contribution in [2.24, 2.45) is 0 Å². The van der Waals surface area contributed by atoms with Crippen molar-refractivity contribution in [2.75, 3.05) is 18.5 Å². The van der Waals surface area contributed by atoms with Gasteiger partial charge in [0.2, 0.25) is 0 Å². The van der Waals surface area contributed by atoms with Crippen LogP contribution in [-0.4, -0.2) is 47.9 Å². The fraction of sp³-hybridized carbons (Fsp3) is 0.167. The van der Waals surface area contributed by atoms with Crippen molar-refractivity contribution in [2.45, 2.75) is 4.90 Å². The molecule has 23 heavy (non-hydrogen) atoms. The molecule has 0 aromatic heterocycles. The number of benzene rings is 1. The van der Waals surface area contributed by atoms with Gasteiger partial charge in [-0.1, -0.05) is 23.2 Å². The predicted octanol–water partition coefficient (Wildman–Crippen LogP) is 0.897. The van der Waals surface area contributed by atoms with E-state index in [0.29, 0.717) is 0 Å². The highest BCUT2D eigenvalue weighted by Crippen LogP contribution is 2.33. The topological polar surface area (TPSA) is 124 Å². The van der Waals surface area contributed by atoms with E-state index in [0.717, 1.165) is 23.1 Å². The number of aliphatic hydroxyl groups excluding tert-OH is 1. The van der Waals surface area contributed by atoms with Gasteiger partial charge in [-0.2, -0.15) is 8.42 Å². The summed E-state index contributed by atoms with van der Waals surface area (Å²) in [6.07, 6.45) is 1.01. The van der Waals surface area contributed by atoms with Gasteiger partial charge in [0.25, 0.3) is 21.9 Å². The number of aliphatic hydroxyl groups is 1. The van der Waals surface area contributed by atoms with Crippen molar-refractivity contribution >= 4 is 50.8 Å². The maximum absolute atomic E-state index is 12.0. The summed E-state index contributed by atoms with van der Waals surface area (Å²) in [5.41, 5.74) is -0.0386. The van der Waals surface area contributed by atoms with Crippen LogP contribution >= 0.6 is 23.2 Å². The molecule has 0 fully saturated rings. The van der Waals surface area contributed by atoms with E-state index in [9.17, 15) is 18.0 Å². The third-order valence-electron chi connectivity index (χ3n) is 2.90. The summed E-state index contributed by atoms with van der Waals surface area (Å²) in [6, 6.07) is 2.01. The Morgan fingerprint density at radius 1 is 1.17 bits per heavy atom. The molecule has 1 aromatic carbocycles. The highest BCUT2D eigenvalue weighted by molar-refractivity contribution is 7.86. The zero-order valence-electron chi connectivity index (χ0n) is 11.3. The molecule has 0 unspecified atom stereocenters. The average Bonchev–Trinajstić information content (AvgIpc) is 2.69. The van der Waals surface area contributed by atoms with Gasteiger partial charge in [-0.3, -0.25) is 19.0 Å². The van der Waals surface area contributed by atoms with Gasteiger partial charge in [0, 0.05) is 6.08 Å². The molecule has 1 aliphatic rings. The largest absolute Gasteiger partial charge is 0.395 e. The summed E-state index contributed by atoms with van der Waals surface area (Å²) < 4.78 is 31.3. The van der Waals surface area contributed by atoms with Crippen LogP contribution in [-0.2, 0) is 19.7 Å². The maximum Gasteiger partial charge on any atom is 0.296 e. The van der Waals surface area contributed by atoms with Crippen LogP contribution in [0.25, 0.3) is 0 Å². The zero-order chi connectivity index (χ0) is 17.4. The zero-order valence-corrected chi connectivity index (χ0v) is 13.6. The number of hydrogen-bond acceptors (Lipinski definition) is 6. The van der Waals surface area contributed by atoms with Gasteiger partial charge in [-0.15, -0.1) is 0 Å². The van der Waals surface area contributed by atoms with Gasteiger partial charge in [0.15, 0.2) is 0 Å². The van der Waals surface area contributed by atoms with Gasteiger partial charge >= 0.3 is 0 Å². The average molecular weight is 381 g/mol. The van der Waals surface area contributed by atoms with Crippen LogP contribution in [0.1, 0.15) is 0 Å². The first-order valence-corrected chi connectivity index (χ1v) is 8.26. The van der Waals surface area contributed by atoms with Crippen molar-refractivity contribution < 1.29 is 27.7 Å². The van der Waals surface area contributed by atoms with Crippen molar-refractivity contribution in [1.29, 1.82) is 0 Å². The molecule has 124 valence electrons. The number of carbonyl (C=O) groups is 2. The van der Waals surface area contributed by atoms with Gasteiger partial charge in [0.05, 0.1) is 28.9 Å². The molecule has 0 saturated heterocycles. The smallest absolute Gasteiger partial charge is 0.296 e. The van der Waals surface area contributed by atoms with E-state index in [1.165, 1.54) is 0 Å². The number of nitrogens with zero attached hydrogens (tertiary/aromatic N) is 1. The van der Waals surface area contributed by atoms with E-state index in [2.05, 4.69) is 5.32 Å². The molecule has 0 radical (unpaired) electrons. The third kappa shape index (κ3) is 3.65. The summed E-state index contributed by atoms with van der Waals surface area (Å²) in [6.45, 7) is -0.538. The number of β-amino-alcohol motifs (C(OH)–C–C–N with tert-alkyl or cyclic N) is 1. The molecule has 0 saturated carbocycles. The van der Waals surface area contributed by atoms with Gasteiger partial charge < -0.3 is 10.4 Å².